The maximum Gasteiger partial charge on any atom is 0.253 e. The average molecular weight is 371 g/mol. The summed E-state index contributed by atoms with van der Waals surface area (Å²) in [7, 11) is 0. The van der Waals surface area contributed by atoms with Gasteiger partial charge in [0.05, 0.1) is 0 Å². The topological polar surface area (TPSA) is 52.7 Å². The van der Waals surface area contributed by atoms with Gasteiger partial charge in [-0.15, -0.1) is 0 Å². The number of rotatable bonds is 2. The van der Waals surface area contributed by atoms with E-state index in [4.69, 9.17) is 0 Å². The Morgan fingerprint density at radius 2 is 1.81 bits per heavy atom. The standard InChI is InChI=1S/C20H19F2N3O2/c21-16-5-4-14(11-17(16)22)13-2-1-3-15(10-13)20(27)25-9-8-24-7-6-23-19(26)18(24)12-25/h1-5,10-11,18H,6-9,12H2,(H,23,26)/t18-/m0/s1. The number of hydrogen-bond donors (Lipinski definition) is 1. The van der Waals surface area contributed by atoms with Crippen molar-refractivity contribution in [1.29, 1.82) is 0 Å². The lowest BCUT2D eigenvalue weighted by Gasteiger charge is -2.43. The highest BCUT2D eigenvalue weighted by Gasteiger charge is 2.36. The fraction of sp³-hybridized carbons (Fsp3) is 0.300. The Bertz CT molecular complexity index is 903. The van der Waals surface area contributed by atoms with Gasteiger partial charge in [0.1, 0.15) is 6.04 Å². The monoisotopic (exact) mass is 371 g/mol. The molecule has 2 saturated heterocycles. The van der Waals surface area contributed by atoms with Crippen LogP contribution in [0, 0.1) is 11.6 Å². The molecule has 140 valence electrons. The number of amides is 2. The normalized spacial score (nSPS) is 20.1. The third-order valence-electron chi connectivity index (χ3n) is 5.14. The van der Waals surface area contributed by atoms with Crippen molar-refractivity contribution >= 4 is 11.8 Å². The fourth-order valence-corrected chi connectivity index (χ4v) is 3.65. The summed E-state index contributed by atoms with van der Waals surface area (Å²) in [6.07, 6.45) is 0. The molecule has 4 rings (SSSR count). The lowest BCUT2D eigenvalue weighted by Crippen LogP contribution is -2.64. The number of benzene rings is 2. The first kappa shape index (κ1) is 17.6. The van der Waals surface area contributed by atoms with Crippen LogP contribution in [0.4, 0.5) is 8.78 Å². The number of piperazine rings is 2. The molecule has 2 amide bonds. The minimum atomic E-state index is -0.927. The molecule has 1 atom stereocenters. The van der Waals surface area contributed by atoms with Gasteiger partial charge in [-0.1, -0.05) is 18.2 Å². The number of carbonyl (C=O) groups excluding carboxylic acids is 2. The smallest absolute Gasteiger partial charge is 0.253 e. The van der Waals surface area contributed by atoms with Crippen molar-refractivity contribution < 1.29 is 18.4 Å². The fourth-order valence-electron chi connectivity index (χ4n) is 3.65. The molecule has 0 aliphatic carbocycles. The molecule has 0 radical (unpaired) electrons. The van der Waals surface area contributed by atoms with Crippen LogP contribution in [0.15, 0.2) is 42.5 Å². The summed E-state index contributed by atoms with van der Waals surface area (Å²) in [5.74, 6) is -2.05. The first-order valence-corrected chi connectivity index (χ1v) is 8.89. The van der Waals surface area contributed by atoms with Crippen molar-refractivity contribution in [2.75, 3.05) is 32.7 Å². The molecule has 2 fully saturated rings. The Balaban J connectivity index is 1.55. The Morgan fingerprint density at radius 1 is 1.00 bits per heavy atom. The van der Waals surface area contributed by atoms with E-state index in [-0.39, 0.29) is 17.9 Å². The molecule has 0 bridgehead atoms. The second kappa shape index (κ2) is 7.08. The Hall–Kier alpha value is -2.80. The molecule has 2 aromatic rings. The lowest BCUT2D eigenvalue weighted by atomic mass is 10.0. The highest BCUT2D eigenvalue weighted by atomic mass is 19.2. The quantitative estimate of drug-likeness (QED) is 0.877. The number of fused-ring (bicyclic) bond motifs is 1. The molecule has 2 aliphatic heterocycles. The second-order valence-electron chi connectivity index (χ2n) is 6.80. The summed E-state index contributed by atoms with van der Waals surface area (Å²) in [6, 6.07) is 10.2. The van der Waals surface area contributed by atoms with E-state index in [1.54, 1.807) is 29.2 Å². The van der Waals surface area contributed by atoms with Crippen LogP contribution in [0.1, 0.15) is 10.4 Å². The molecule has 2 heterocycles. The third kappa shape index (κ3) is 3.42. The molecule has 1 N–H and O–H groups in total. The molecule has 0 saturated carbocycles. The zero-order chi connectivity index (χ0) is 19.0. The number of nitrogens with one attached hydrogen (secondary N) is 1. The van der Waals surface area contributed by atoms with Crippen molar-refractivity contribution in [3.05, 3.63) is 59.7 Å². The van der Waals surface area contributed by atoms with Crippen LogP contribution in [0.25, 0.3) is 11.1 Å². The van der Waals surface area contributed by atoms with E-state index in [0.717, 1.165) is 18.7 Å². The summed E-state index contributed by atoms with van der Waals surface area (Å²) in [5, 5.41) is 2.84. The zero-order valence-corrected chi connectivity index (χ0v) is 14.6. The Labute approximate surface area is 155 Å². The van der Waals surface area contributed by atoms with E-state index < -0.39 is 11.6 Å². The molecule has 27 heavy (non-hydrogen) atoms. The van der Waals surface area contributed by atoms with Crippen molar-refractivity contribution in [2.24, 2.45) is 0 Å². The molecule has 0 spiro atoms. The van der Waals surface area contributed by atoms with Gasteiger partial charge in [-0.2, -0.15) is 0 Å². The number of halogens is 2. The summed E-state index contributed by atoms with van der Waals surface area (Å²) in [4.78, 5) is 28.8. The van der Waals surface area contributed by atoms with Gasteiger partial charge >= 0.3 is 0 Å². The summed E-state index contributed by atoms with van der Waals surface area (Å²) < 4.78 is 26.7. The van der Waals surface area contributed by atoms with E-state index in [0.29, 0.717) is 42.9 Å². The molecule has 0 aromatic heterocycles. The van der Waals surface area contributed by atoms with Crippen LogP contribution in [0.2, 0.25) is 0 Å². The van der Waals surface area contributed by atoms with Gasteiger partial charge < -0.3 is 10.2 Å². The predicted molar refractivity (Wildman–Crippen MR) is 96.1 cm³/mol. The third-order valence-corrected chi connectivity index (χ3v) is 5.14. The van der Waals surface area contributed by atoms with E-state index in [1.165, 1.54) is 6.07 Å². The van der Waals surface area contributed by atoms with Crippen LogP contribution in [-0.2, 0) is 4.79 Å². The minimum Gasteiger partial charge on any atom is -0.353 e. The van der Waals surface area contributed by atoms with Gasteiger partial charge in [0, 0.05) is 38.3 Å². The van der Waals surface area contributed by atoms with E-state index in [9.17, 15) is 18.4 Å². The van der Waals surface area contributed by atoms with E-state index in [2.05, 4.69) is 10.2 Å². The van der Waals surface area contributed by atoms with Gasteiger partial charge in [0.2, 0.25) is 5.91 Å². The summed E-state index contributed by atoms with van der Waals surface area (Å²) >= 11 is 0. The zero-order valence-electron chi connectivity index (χ0n) is 14.6. The van der Waals surface area contributed by atoms with Crippen LogP contribution >= 0.6 is 0 Å². The number of nitrogens with zero attached hydrogens (tertiary/aromatic N) is 2. The molecule has 5 nitrogen and oxygen atoms in total. The van der Waals surface area contributed by atoms with E-state index in [1.807, 2.05) is 0 Å². The Morgan fingerprint density at radius 3 is 2.63 bits per heavy atom. The summed E-state index contributed by atoms with van der Waals surface area (Å²) in [6.45, 7) is 2.99. The molecular weight excluding hydrogens is 352 g/mol. The van der Waals surface area contributed by atoms with Crippen LogP contribution in [0.5, 0.6) is 0 Å². The summed E-state index contributed by atoms with van der Waals surface area (Å²) in [5.41, 5.74) is 1.59. The largest absolute Gasteiger partial charge is 0.353 e. The van der Waals surface area contributed by atoms with E-state index >= 15 is 0 Å². The Kier molecular flexibility index (Phi) is 4.61. The van der Waals surface area contributed by atoms with Crippen molar-refractivity contribution in [1.82, 2.24) is 15.1 Å². The molecular formula is C20H19F2N3O2. The maximum absolute atomic E-state index is 13.5. The van der Waals surface area contributed by atoms with Gasteiger partial charge in [0.15, 0.2) is 11.6 Å². The van der Waals surface area contributed by atoms with Gasteiger partial charge in [-0.25, -0.2) is 8.78 Å². The van der Waals surface area contributed by atoms with Crippen LogP contribution < -0.4 is 5.32 Å². The maximum atomic E-state index is 13.5. The van der Waals surface area contributed by atoms with Gasteiger partial charge in [-0.3, -0.25) is 14.5 Å². The highest BCUT2D eigenvalue weighted by molar-refractivity contribution is 5.96. The molecule has 2 aromatic carbocycles. The number of hydrogen-bond acceptors (Lipinski definition) is 3. The first-order valence-electron chi connectivity index (χ1n) is 8.89. The van der Waals surface area contributed by atoms with Crippen molar-refractivity contribution in [2.45, 2.75) is 6.04 Å². The van der Waals surface area contributed by atoms with Gasteiger partial charge in [0.25, 0.3) is 5.91 Å². The lowest BCUT2D eigenvalue weighted by molar-refractivity contribution is -0.131. The van der Waals surface area contributed by atoms with Crippen LogP contribution in [-0.4, -0.2) is 60.4 Å². The predicted octanol–water partition coefficient (Wildman–Crippen LogP) is 1.89. The molecule has 7 heteroatoms. The molecule has 0 unspecified atom stereocenters. The van der Waals surface area contributed by atoms with Crippen molar-refractivity contribution in [3.63, 3.8) is 0 Å². The average Bonchev–Trinajstić information content (AvgIpc) is 2.70. The molecule has 2 aliphatic rings. The SMILES string of the molecule is O=C1NCCN2CCN(C(=O)c3cccc(-c4ccc(F)c(F)c4)c3)C[C@@H]12. The first-order chi connectivity index (χ1) is 13.0. The minimum absolute atomic E-state index is 0.0470. The van der Waals surface area contributed by atoms with Gasteiger partial charge in [-0.05, 0) is 35.4 Å². The van der Waals surface area contributed by atoms with Crippen LogP contribution in [0.3, 0.4) is 0 Å². The van der Waals surface area contributed by atoms with Crippen molar-refractivity contribution in [3.8, 4) is 11.1 Å². The second-order valence-corrected chi connectivity index (χ2v) is 6.80. The highest BCUT2D eigenvalue weighted by Crippen LogP contribution is 2.24. The number of carbonyl (C=O) groups is 2.